The molecule has 0 heterocycles. The Balaban J connectivity index is 2.25. The highest BCUT2D eigenvalue weighted by Gasteiger charge is 2.81. The zero-order chi connectivity index (χ0) is 9.41. The van der Waals surface area contributed by atoms with Gasteiger partial charge in [-0.15, -0.1) is 0 Å². The monoisotopic (exact) mass is 422 g/mol. The molecule has 0 aromatic rings. The van der Waals surface area contributed by atoms with Crippen LogP contribution in [0.4, 0.5) is 0 Å². The van der Waals surface area contributed by atoms with Gasteiger partial charge in [-0.05, 0) is 12.8 Å². The highest BCUT2D eigenvalue weighted by Crippen LogP contribution is 2.86. The highest BCUT2D eigenvalue weighted by molar-refractivity contribution is 9.26. The van der Waals surface area contributed by atoms with Crippen molar-refractivity contribution in [3.63, 3.8) is 0 Å². The highest BCUT2D eigenvalue weighted by atomic mass is 79.9. The van der Waals surface area contributed by atoms with Gasteiger partial charge in [-0.25, -0.2) is 0 Å². The second-order valence-electron chi connectivity index (χ2n) is 4.43. The Morgan fingerprint density at radius 3 is 1.00 bits per heavy atom. The van der Waals surface area contributed by atoms with Crippen LogP contribution in [0.1, 0.15) is 26.7 Å². The van der Waals surface area contributed by atoms with Crippen LogP contribution in [0.3, 0.4) is 0 Å². The lowest BCUT2D eigenvalue weighted by atomic mass is 9.90. The molecule has 2 aliphatic carbocycles. The number of rotatable bonds is 1. The molecular weight excluding hydrogens is 416 g/mol. The first-order valence-corrected chi connectivity index (χ1v) is 7.09. The third-order valence-electron chi connectivity index (χ3n) is 3.73. The van der Waals surface area contributed by atoms with Gasteiger partial charge in [-0.3, -0.25) is 0 Å². The van der Waals surface area contributed by atoms with E-state index in [4.69, 9.17) is 0 Å². The van der Waals surface area contributed by atoms with Crippen molar-refractivity contribution < 1.29 is 0 Å². The number of halogens is 4. The second-order valence-corrected chi connectivity index (χ2v) is 12.0. The third kappa shape index (κ3) is 1.04. The molecule has 2 rings (SSSR count). The Kier molecular flexibility index (Phi) is 2.05. The zero-order valence-electron chi connectivity index (χ0n) is 6.93. The van der Waals surface area contributed by atoms with Crippen LogP contribution in [0, 0.1) is 10.8 Å². The van der Waals surface area contributed by atoms with Crippen molar-refractivity contribution in [1.82, 2.24) is 0 Å². The predicted octanol–water partition coefficient (Wildman–Crippen LogP) is 4.78. The Bertz CT molecular complexity index is 221. The summed E-state index contributed by atoms with van der Waals surface area (Å²) in [6.07, 6.45) is 2.41. The lowest BCUT2D eigenvalue weighted by Gasteiger charge is -2.23. The maximum absolute atomic E-state index is 3.71. The van der Waals surface area contributed by atoms with E-state index < -0.39 is 0 Å². The number of alkyl halides is 4. The molecule has 0 nitrogen and oxygen atoms in total. The van der Waals surface area contributed by atoms with Crippen molar-refractivity contribution in [1.29, 1.82) is 0 Å². The van der Waals surface area contributed by atoms with Gasteiger partial charge in [0.25, 0.3) is 0 Å². The molecule has 0 radical (unpaired) electrons. The average molecular weight is 426 g/mol. The minimum atomic E-state index is 0.172. The van der Waals surface area contributed by atoms with Crippen molar-refractivity contribution in [3.8, 4) is 0 Å². The smallest absolute Gasteiger partial charge is 0.0721 e. The Labute approximate surface area is 107 Å². The van der Waals surface area contributed by atoms with Gasteiger partial charge < -0.3 is 0 Å². The minimum Gasteiger partial charge on any atom is -0.0721 e. The SMILES string of the molecule is CC1(C2(C)CC2(Br)Br)CC1(Br)Br. The molecule has 0 aromatic carbocycles. The maximum atomic E-state index is 3.71. The van der Waals surface area contributed by atoms with Crippen LogP contribution >= 0.6 is 63.7 Å². The van der Waals surface area contributed by atoms with E-state index >= 15 is 0 Å². The third-order valence-corrected chi connectivity index (χ3v) is 8.36. The molecule has 0 spiro atoms. The van der Waals surface area contributed by atoms with Gasteiger partial charge >= 0.3 is 0 Å². The predicted molar refractivity (Wildman–Crippen MR) is 66.6 cm³/mol. The summed E-state index contributed by atoms with van der Waals surface area (Å²) in [6, 6.07) is 0. The largest absolute Gasteiger partial charge is 0.0871 e. The van der Waals surface area contributed by atoms with Crippen LogP contribution in [-0.2, 0) is 0 Å². The van der Waals surface area contributed by atoms with E-state index in [1.165, 1.54) is 12.8 Å². The number of hydrogen-bond acceptors (Lipinski definition) is 0. The molecule has 0 N–H and O–H groups in total. The molecule has 0 aliphatic heterocycles. The van der Waals surface area contributed by atoms with E-state index in [0.29, 0.717) is 10.8 Å². The molecule has 12 heavy (non-hydrogen) atoms. The fraction of sp³-hybridized carbons (Fsp3) is 1.00. The standard InChI is InChI=1S/C8H10Br4/c1-5(3-7(5,9)10)6(2)4-8(6,11)12/h3-4H2,1-2H3. The quantitative estimate of drug-likeness (QED) is 0.530. The topological polar surface area (TPSA) is 0 Å². The van der Waals surface area contributed by atoms with Crippen molar-refractivity contribution in [2.75, 3.05) is 0 Å². The minimum absolute atomic E-state index is 0.172. The van der Waals surface area contributed by atoms with Crippen molar-refractivity contribution in [2.45, 2.75) is 33.2 Å². The van der Waals surface area contributed by atoms with Gasteiger partial charge in [0.1, 0.15) is 0 Å². The molecule has 2 fully saturated rings. The van der Waals surface area contributed by atoms with Crippen LogP contribution in [0.25, 0.3) is 0 Å². The Morgan fingerprint density at radius 1 is 0.750 bits per heavy atom. The summed E-state index contributed by atoms with van der Waals surface area (Å²) >= 11 is 14.8. The maximum Gasteiger partial charge on any atom is 0.0871 e. The summed E-state index contributed by atoms with van der Waals surface area (Å²) in [7, 11) is 0. The Morgan fingerprint density at radius 2 is 0.917 bits per heavy atom. The lowest BCUT2D eigenvalue weighted by molar-refractivity contribution is 0.340. The molecule has 0 bridgehead atoms. The molecule has 0 amide bonds. The van der Waals surface area contributed by atoms with E-state index in [2.05, 4.69) is 77.6 Å². The fourth-order valence-corrected chi connectivity index (χ4v) is 5.99. The van der Waals surface area contributed by atoms with E-state index in [1.54, 1.807) is 0 Å². The first-order chi connectivity index (χ1) is 5.16. The average Bonchev–Trinajstić information content (AvgIpc) is 2.49. The van der Waals surface area contributed by atoms with Gasteiger partial charge in [0.2, 0.25) is 0 Å². The summed E-state index contributed by atoms with van der Waals surface area (Å²) in [4.78, 5) is 0. The van der Waals surface area contributed by atoms with Crippen LogP contribution < -0.4 is 0 Å². The van der Waals surface area contributed by atoms with Crippen LogP contribution in [0.15, 0.2) is 0 Å². The molecule has 2 aliphatic rings. The molecule has 70 valence electrons. The molecule has 2 atom stereocenters. The van der Waals surface area contributed by atoms with Gasteiger partial charge in [0, 0.05) is 10.8 Å². The molecule has 0 saturated heterocycles. The van der Waals surface area contributed by atoms with Gasteiger partial charge in [-0.1, -0.05) is 77.6 Å². The normalized spacial score (nSPS) is 53.5. The van der Waals surface area contributed by atoms with E-state index in [1.807, 2.05) is 0 Å². The van der Waals surface area contributed by atoms with Gasteiger partial charge in [0.15, 0.2) is 0 Å². The van der Waals surface area contributed by atoms with Gasteiger partial charge in [-0.2, -0.15) is 0 Å². The van der Waals surface area contributed by atoms with E-state index in [-0.39, 0.29) is 6.47 Å². The van der Waals surface area contributed by atoms with Crippen molar-refractivity contribution >= 4 is 63.7 Å². The Hall–Kier alpha value is 1.92. The second kappa shape index (κ2) is 2.35. The van der Waals surface area contributed by atoms with Crippen LogP contribution in [0.5, 0.6) is 0 Å². The first kappa shape index (κ1) is 10.4. The molecule has 4 heteroatoms. The first-order valence-electron chi connectivity index (χ1n) is 3.92. The lowest BCUT2D eigenvalue weighted by Crippen LogP contribution is -2.21. The van der Waals surface area contributed by atoms with E-state index in [9.17, 15) is 0 Å². The number of hydrogen-bond donors (Lipinski definition) is 0. The summed E-state index contributed by atoms with van der Waals surface area (Å²) in [5.74, 6) is 0. The molecular formula is C8H10Br4. The van der Waals surface area contributed by atoms with Crippen molar-refractivity contribution in [3.05, 3.63) is 0 Å². The van der Waals surface area contributed by atoms with Crippen LogP contribution in [0.2, 0.25) is 0 Å². The molecule has 2 saturated carbocycles. The zero-order valence-corrected chi connectivity index (χ0v) is 13.3. The molecule has 2 unspecified atom stereocenters. The summed E-state index contributed by atoms with van der Waals surface area (Å²) in [6.45, 7) is 4.67. The van der Waals surface area contributed by atoms with Crippen molar-refractivity contribution in [2.24, 2.45) is 10.8 Å². The van der Waals surface area contributed by atoms with E-state index in [0.717, 1.165) is 0 Å². The summed E-state index contributed by atoms with van der Waals surface area (Å²) in [5, 5.41) is 0. The summed E-state index contributed by atoms with van der Waals surface area (Å²) < 4.78 is 0.343. The fourth-order valence-electron chi connectivity index (χ4n) is 2.00. The van der Waals surface area contributed by atoms with Gasteiger partial charge in [0.05, 0.1) is 6.47 Å². The molecule has 0 aromatic heterocycles. The summed E-state index contributed by atoms with van der Waals surface area (Å²) in [5.41, 5.74) is 0.736. The van der Waals surface area contributed by atoms with Crippen LogP contribution in [-0.4, -0.2) is 6.47 Å².